The third-order valence-corrected chi connectivity index (χ3v) is 3.48. The van der Waals surface area contributed by atoms with E-state index >= 15 is 0 Å². The van der Waals surface area contributed by atoms with Crippen LogP contribution in [0.25, 0.3) is 0 Å². The van der Waals surface area contributed by atoms with Gasteiger partial charge in [-0.05, 0) is 44.6 Å². The molecule has 92 valence electrons. The van der Waals surface area contributed by atoms with Crippen molar-refractivity contribution >= 4 is 0 Å². The molecular weight excluding hydrogens is 198 g/mol. The van der Waals surface area contributed by atoms with Gasteiger partial charge < -0.3 is 5.73 Å². The first-order valence-corrected chi connectivity index (χ1v) is 6.18. The van der Waals surface area contributed by atoms with Crippen molar-refractivity contribution in [1.82, 2.24) is 9.78 Å². The molecule has 0 aliphatic carbocycles. The summed E-state index contributed by atoms with van der Waals surface area (Å²) in [7, 11) is 2.01. The van der Waals surface area contributed by atoms with Gasteiger partial charge in [-0.15, -0.1) is 0 Å². The molecule has 0 radical (unpaired) electrons. The Labute approximate surface area is 99.0 Å². The van der Waals surface area contributed by atoms with Gasteiger partial charge in [0.1, 0.15) is 0 Å². The number of nitrogens with two attached hydrogens (primary N) is 1. The van der Waals surface area contributed by atoms with Gasteiger partial charge in [-0.3, -0.25) is 4.68 Å². The van der Waals surface area contributed by atoms with Gasteiger partial charge in [0.25, 0.3) is 0 Å². The van der Waals surface area contributed by atoms with E-state index in [-0.39, 0.29) is 0 Å². The van der Waals surface area contributed by atoms with Crippen molar-refractivity contribution in [3.8, 4) is 0 Å². The van der Waals surface area contributed by atoms with Crippen molar-refractivity contribution in [3.63, 3.8) is 0 Å². The van der Waals surface area contributed by atoms with E-state index in [4.69, 9.17) is 5.73 Å². The predicted molar refractivity (Wildman–Crippen MR) is 68.4 cm³/mol. The van der Waals surface area contributed by atoms with Crippen LogP contribution < -0.4 is 5.73 Å². The van der Waals surface area contributed by atoms with E-state index in [0.717, 1.165) is 25.0 Å². The Bertz CT molecular complexity index is 339. The number of aryl methyl sites for hydroxylation is 2. The standard InChI is InChI=1S/C13H25N3/c1-9(2)13(14)8-6-7-12-10(3)15-16(5)11(12)4/h9,13H,6-8,14H2,1-5H3. The molecule has 2 N–H and O–H groups in total. The number of hydrogen-bond donors (Lipinski definition) is 1. The first-order valence-electron chi connectivity index (χ1n) is 6.18. The number of nitrogens with zero attached hydrogens (tertiary/aromatic N) is 2. The van der Waals surface area contributed by atoms with Crippen molar-refractivity contribution < 1.29 is 0 Å². The zero-order valence-electron chi connectivity index (χ0n) is 11.2. The summed E-state index contributed by atoms with van der Waals surface area (Å²) in [4.78, 5) is 0. The van der Waals surface area contributed by atoms with Gasteiger partial charge >= 0.3 is 0 Å². The fourth-order valence-electron chi connectivity index (χ4n) is 2.03. The first kappa shape index (κ1) is 13.2. The lowest BCUT2D eigenvalue weighted by atomic mass is 9.97. The van der Waals surface area contributed by atoms with E-state index in [1.807, 2.05) is 11.7 Å². The summed E-state index contributed by atoms with van der Waals surface area (Å²) >= 11 is 0. The maximum Gasteiger partial charge on any atom is 0.0628 e. The molecule has 0 saturated carbocycles. The topological polar surface area (TPSA) is 43.8 Å². The summed E-state index contributed by atoms with van der Waals surface area (Å²) in [5.41, 5.74) is 9.89. The average molecular weight is 223 g/mol. The van der Waals surface area contributed by atoms with E-state index in [1.165, 1.54) is 11.3 Å². The Kier molecular flexibility index (Phi) is 4.54. The van der Waals surface area contributed by atoms with Crippen LogP contribution in [0.2, 0.25) is 0 Å². The number of rotatable bonds is 5. The van der Waals surface area contributed by atoms with Crippen LogP contribution in [0.1, 0.15) is 43.6 Å². The molecule has 1 heterocycles. The molecule has 1 rings (SSSR count). The molecule has 0 amide bonds. The Hall–Kier alpha value is -0.830. The lowest BCUT2D eigenvalue weighted by Crippen LogP contribution is -2.26. The number of aromatic nitrogens is 2. The van der Waals surface area contributed by atoms with Crippen molar-refractivity contribution in [2.75, 3.05) is 0 Å². The van der Waals surface area contributed by atoms with E-state index < -0.39 is 0 Å². The van der Waals surface area contributed by atoms with Gasteiger partial charge in [-0.2, -0.15) is 5.10 Å². The molecule has 0 saturated heterocycles. The third-order valence-electron chi connectivity index (χ3n) is 3.48. The van der Waals surface area contributed by atoms with E-state index in [9.17, 15) is 0 Å². The minimum atomic E-state index is 0.331. The van der Waals surface area contributed by atoms with Crippen molar-refractivity contribution in [2.45, 2.75) is 53.0 Å². The fraction of sp³-hybridized carbons (Fsp3) is 0.769. The largest absolute Gasteiger partial charge is 0.327 e. The highest BCUT2D eigenvalue weighted by molar-refractivity contribution is 5.24. The van der Waals surface area contributed by atoms with Crippen LogP contribution >= 0.6 is 0 Å². The summed E-state index contributed by atoms with van der Waals surface area (Å²) in [6.45, 7) is 8.60. The molecule has 1 aromatic rings. The third kappa shape index (κ3) is 3.08. The van der Waals surface area contributed by atoms with Gasteiger partial charge in [0.2, 0.25) is 0 Å². The fourth-order valence-corrected chi connectivity index (χ4v) is 2.03. The highest BCUT2D eigenvalue weighted by atomic mass is 15.3. The molecule has 3 nitrogen and oxygen atoms in total. The van der Waals surface area contributed by atoms with Crippen LogP contribution in [0.3, 0.4) is 0 Å². The Morgan fingerprint density at radius 3 is 2.38 bits per heavy atom. The number of hydrogen-bond acceptors (Lipinski definition) is 2. The monoisotopic (exact) mass is 223 g/mol. The molecule has 16 heavy (non-hydrogen) atoms. The van der Waals surface area contributed by atoms with Crippen LogP contribution in [0.4, 0.5) is 0 Å². The maximum absolute atomic E-state index is 6.04. The van der Waals surface area contributed by atoms with Crippen LogP contribution in [-0.4, -0.2) is 15.8 Å². The molecule has 0 aliphatic rings. The van der Waals surface area contributed by atoms with Gasteiger partial charge in [0.05, 0.1) is 5.69 Å². The molecule has 0 aromatic carbocycles. The summed E-state index contributed by atoms with van der Waals surface area (Å²) < 4.78 is 1.97. The second-order valence-electron chi connectivity index (χ2n) is 5.07. The molecule has 1 unspecified atom stereocenters. The van der Waals surface area contributed by atoms with Crippen LogP contribution in [-0.2, 0) is 13.5 Å². The van der Waals surface area contributed by atoms with Crippen molar-refractivity contribution in [3.05, 3.63) is 17.0 Å². The summed E-state index contributed by atoms with van der Waals surface area (Å²) in [5.74, 6) is 0.580. The quantitative estimate of drug-likeness (QED) is 0.832. The van der Waals surface area contributed by atoms with Crippen LogP contribution in [0, 0.1) is 19.8 Å². The minimum Gasteiger partial charge on any atom is -0.327 e. The Balaban J connectivity index is 2.49. The van der Waals surface area contributed by atoms with Gasteiger partial charge in [-0.1, -0.05) is 13.8 Å². The molecule has 3 heteroatoms. The Morgan fingerprint density at radius 1 is 1.31 bits per heavy atom. The molecule has 0 aliphatic heterocycles. The van der Waals surface area contributed by atoms with Gasteiger partial charge in [-0.25, -0.2) is 0 Å². The minimum absolute atomic E-state index is 0.331. The van der Waals surface area contributed by atoms with E-state index in [0.29, 0.717) is 12.0 Å². The smallest absolute Gasteiger partial charge is 0.0628 e. The summed E-state index contributed by atoms with van der Waals surface area (Å²) in [6, 6.07) is 0.331. The van der Waals surface area contributed by atoms with Crippen LogP contribution in [0.5, 0.6) is 0 Å². The lowest BCUT2D eigenvalue weighted by Gasteiger charge is -2.15. The van der Waals surface area contributed by atoms with Crippen LogP contribution in [0.15, 0.2) is 0 Å². The molecule has 0 bridgehead atoms. The van der Waals surface area contributed by atoms with Crippen molar-refractivity contribution in [1.29, 1.82) is 0 Å². The first-order chi connectivity index (χ1) is 7.43. The molecule has 1 atom stereocenters. The molecular formula is C13H25N3. The second kappa shape index (κ2) is 5.48. The predicted octanol–water partition coefficient (Wildman–Crippen LogP) is 2.34. The molecule has 1 aromatic heterocycles. The maximum atomic E-state index is 6.04. The van der Waals surface area contributed by atoms with Gasteiger partial charge in [0, 0.05) is 18.8 Å². The normalized spacial score (nSPS) is 13.4. The zero-order valence-corrected chi connectivity index (χ0v) is 11.2. The molecule has 0 fully saturated rings. The lowest BCUT2D eigenvalue weighted by molar-refractivity contribution is 0.452. The van der Waals surface area contributed by atoms with E-state index in [2.05, 4.69) is 32.8 Å². The average Bonchev–Trinajstić information content (AvgIpc) is 2.44. The van der Waals surface area contributed by atoms with Crippen molar-refractivity contribution in [2.24, 2.45) is 18.7 Å². The zero-order chi connectivity index (χ0) is 12.3. The highest BCUT2D eigenvalue weighted by Gasteiger charge is 2.11. The SMILES string of the molecule is Cc1nn(C)c(C)c1CCCC(N)C(C)C. The Morgan fingerprint density at radius 2 is 1.94 bits per heavy atom. The summed E-state index contributed by atoms with van der Waals surface area (Å²) in [5, 5.41) is 4.43. The summed E-state index contributed by atoms with van der Waals surface area (Å²) in [6.07, 6.45) is 3.37. The van der Waals surface area contributed by atoms with Gasteiger partial charge in [0.15, 0.2) is 0 Å². The highest BCUT2D eigenvalue weighted by Crippen LogP contribution is 2.16. The molecule has 0 spiro atoms. The van der Waals surface area contributed by atoms with E-state index in [1.54, 1.807) is 0 Å². The second-order valence-corrected chi connectivity index (χ2v) is 5.07.